The molecule has 0 aliphatic heterocycles. The van der Waals surface area contributed by atoms with Gasteiger partial charge in [0, 0.05) is 18.5 Å². The van der Waals surface area contributed by atoms with Gasteiger partial charge in [0.25, 0.3) is 0 Å². The Morgan fingerprint density at radius 1 is 1.25 bits per heavy atom. The van der Waals surface area contributed by atoms with Crippen molar-refractivity contribution in [1.82, 2.24) is 4.90 Å². The Kier molecular flexibility index (Phi) is 6.64. The molecule has 2 aromatic rings. The summed E-state index contributed by atoms with van der Waals surface area (Å²) in [5, 5.41) is 11.0. The first-order valence-electron chi connectivity index (χ1n) is 7.80. The number of methoxy groups -OCH3 is 1. The van der Waals surface area contributed by atoms with Gasteiger partial charge in [-0.1, -0.05) is 35.9 Å². The van der Waals surface area contributed by atoms with E-state index in [-0.39, 0.29) is 12.5 Å². The van der Waals surface area contributed by atoms with Crippen molar-refractivity contribution in [2.45, 2.75) is 18.9 Å². The van der Waals surface area contributed by atoms with Crippen LogP contribution in [0, 0.1) is 0 Å². The van der Waals surface area contributed by atoms with E-state index >= 15 is 0 Å². The highest BCUT2D eigenvalue weighted by molar-refractivity contribution is 6.30. The van der Waals surface area contributed by atoms with Gasteiger partial charge in [-0.15, -0.1) is 0 Å². The third kappa shape index (κ3) is 5.25. The van der Waals surface area contributed by atoms with Crippen LogP contribution >= 0.6 is 11.6 Å². The highest BCUT2D eigenvalue weighted by Crippen LogP contribution is 2.20. The minimum Gasteiger partial charge on any atom is -0.497 e. The molecule has 1 amide bonds. The summed E-state index contributed by atoms with van der Waals surface area (Å²) in [5.41, 5.74) is 1.75. The molecule has 0 saturated heterocycles. The molecule has 1 unspecified atom stereocenters. The number of amides is 1. The lowest BCUT2D eigenvalue weighted by Crippen LogP contribution is -2.31. The first-order chi connectivity index (χ1) is 11.5. The van der Waals surface area contributed by atoms with E-state index in [2.05, 4.69) is 0 Å². The van der Waals surface area contributed by atoms with Gasteiger partial charge in [-0.25, -0.2) is 0 Å². The Hall–Kier alpha value is -2.04. The maximum Gasteiger partial charge on any atom is 0.222 e. The smallest absolute Gasteiger partial charge is 0.222 e. The van der Waals surface area contributed by atoms with Gasteiger partial charge in [-0.3, -0.25) is 4.79 Å². The average Bonchev–Trinajstić information content (AvgIpc) is 2.59. The molecule has 0 fully saturated rings. The molecular weight excluding hydrogens is 326 g/mol. The van der Waals surface area contributed by atoms with Crippen molar-refractivity contribution in [2.24, 2.45) is 0 Å². The van der Waals surface area contributed by atoms with Gasteiger partial charge < -0.3 is 14.7 Å². The van der Waals surface area contributed by atoms with E-state index in [0.717, 1.165) is 11.1 Å². The number of carbonyl (C=O) groups is 1. The molecule has 128 valence electrons. The number of nitrogens with zero attached hydrogens (tertiary/aromatic N) is 1. The normalized spacial score (nSPS) is 11.8. The predicted molar refractivity (Wildman–Crippen MR) is 95.4 cm³/mol. The van der Waals surface area contributed by atoms with Crippen LogP contribution in [0.2, 0.25) is 5.02 Å². The van der Waals surface area contributed by atoms with Crippen molar-refractivity contribution in [3.8, 4) is 5.75 Å². The minimum atomic E-state index is -0.750. The second-order valence-electron chi connectivity index (χ2n) is 5.70. The summed E-state index contributed by atoms with van der Waals surface area (Å²) in [6, 6.07) is 14.7. The van der Waals surface area contributed by atoms with Crippen molar-refractivity contribution < 1.29 is 14.6 Å². The molecular formula is C19H22ClNO3. The quantitative estimate of drug-likeness (QED) is 0.834. The van der Waals surface area contributed by atoms with Crippen LogP contribution < -0.4 is 4.74 Å². The molecule has 5 heteroatoms. The molecule has 0 radical (unpaired) electrons. The van der Waals surface area contributed by atoms with E-state index in [1.54, 1.807) is 25.1 Å². The molecule has 0 spiro atoms. The summed E-state index contributed by atoms with van der Waals surface area (Å²) < 4.78 is 5.15. The molecule has 0 aliphatic carbocycles. The monoisotopic (exact) mass is 347 g/mol. The van der Waals surface area contributed by atoms with E-state index in [1.165, 1.54) is 0 Å². The van der Waals surface area contributed by atoms with Gasteiger partial charge >= 0.3 is 0 Å². The van der Waals surface area contributed by atoms with Crippen LogP contribution in [-0.4, -0.2) is 36.6 Å². The van der Waals surface area contributed by atoms with E-state index in [4.69, 9.17) is 16.3 Å². The number of rotatable bonds is 7. The number of likely N-dealkylation sites (N-methyl/N-ethyl adjacent to an activating group) is 1. The fourth-order valence-electron chi connectivity index (χ4n) is 2.45. The third-order valence-corrected chi connectivity index (χ3v) is 4.10. The Morgan fingerprint density at radius 3 is 2.71 bits per heavy atom. The zero-order chi connectivity index (χ0) is 17.5. The molecule has 0 heterocycles. The van der Waals surface area contributed by atoms with Crippen molar-refractivity contribution in [2.75, 3.05) is 20.7 Å². The van der Waals surface area contributed by atoms with Crippen LogP contribution in [0.4, 0.5) is 0 Å². The van der Waals surface area contributed by atoms with Gasteiger partial charge in [0.2, 0.25) is 5.91 Å². The maximum atomic E-state index is 12.2. The summed E-state index contributed by atoms with van der Waals surface area (Å²) in [6.07, 6.45) is 0.251. The van der Waals surface area contributed by atoms with E-state index in [0.29, 0.717) is 23.6 Å². The number of benzene rings is 2. The lowest BCUT2D eigenvalue weighted by Gasteiger charge is -2.21. The molecule has 0 saturated carbocycles. The van der Waals surface area contributed by atoms with Gasteiger partial charge in [0.05, 0.1) is 19.8 Å². The van der Waals surface area contributed by atoms with Crippen molar-refractivity contribution in [3.05, 3.63) is 64.7 Å². The molecule has 24 heavy (non-hydrogen) atoms. The fraction of sp³-hybridized carbons (Fsp3) is 0.316. The topological polar surface area (TPSA) is 49.8 Å². The number of aliphatic hydroxyl groups excluding tert-OH is 1. The second kappa shape index (κ2) is 8.71. The standard InChI is InChI=1S/C19H22ClNO3/c1-21(13-18(22)15-6-4-8-17(12-15)24-2)19(23)10-9-14-5-3-7-16(20)11-14/h3-8,11-12,18,22H,9-10,13H2,1-2H3. The molecule has 0 aliphatic rings. The van der Waals surface area contributed by atoms with E-state index < -0.39 is 6.10 Å². The molecule has 2 aromatic carbocycles. The van der Waals surface area contributed by atoms with Crippen LogP contribution in [0.5, 0.6) is 5.75 Å². The Balaban J connectivity index is 1.88. The van der Waals surface area contributed by atoms with Crippen molar-refractivity contribution in [3.63, 3.8) is 0 Å². The zero-order valence-electron chi connectivity index (χ0n) is 13.9. The summed E-state index contributed by atoms with van der Waals surface area (Å²) in [4.78, 5) is 13.8. The Bertz CT molecular complexity index is 690. The highest BCUT2D eigenvalue weighted by Gasteiger charge is 2.15. The third-order valence-electron chi connectivity index (χ3n) is 3.87. The molecule has 1 N–H and O–H groups in total. The number of hydrogen-bond donors (Lipinski definition) is 1. The first-order valence-corrected chi connectivity index (χ1v) is 8.18. The zero-order valence-corrected chi connectivity index (χ0v) is 14.7. The average molecular weight is 348 g/mol. The number of aryl methyl sites for hydroxylation is 1. The summed E-state index contributed by atoms with van der Waals surface area (Å²) in [5.74, 6) is 0.665. The van der Waals surface area contributed by atoms with Crippen LogP contribution in [0.25, 0.3) is 0 Å². The number of hydrogen-bond acceptors (Lipinski definition) is 3. The predicted octanol–water partition coefficient (Wildman–Crippen LogP) is 3.47. The van der Waals surface area contributed by atoms with Gasteiger partial charge in [0.1, 0.15) is 5.75 Å². The fourth-order valence-corrected chi connectivity index (χ4v) is 2.66. The number of halogens is 1. The summed E-state index contributed by atoms with van der Waals surface area (Å²) >= 11 is 5.95. The molecule has 4 nitrogen and oxygen atoms in total. The molecule has 2 rings (SSSR count). The van der Waals surface area contributed by atoms with E-state index in [9.17, 15) is 9.90 Å². The SMILES string of the molecule is COc1cccc(C(O)CN(C)C(=O)CCc2cccc(Cl)c2)c1. The molecule has 0 aromatic heterocycles. The maximum absolute atomic E-state index is 12.2. The van der Waals surface area contributed by atoms with E-state index in [1.807, 2.05) is 42.5 Å². The largest absolute Gasteiger partial charge is 0.497 e. The van der Waals surface area contributed by atoms with Crippen LogP contribution in [-0.2, 0) is 11.2 Å². The van der Waals surface area contributed by atoms with Crippen LogP contribution in [0.3, 0.4) is 0 Å². The summed E-state index contributed by atoms with van der Waals surface area (Å²) in [6.45, 7) is 0.238. The number of aliphatic hydroxyl groups is 1. The van der Waals surface area contributed by atoms with Crippen molar-refractivity contribution >= 4 is 17.5 Å². The minimum absolute atomic E-state index is 0.0167. The number of carbonyl (C=O) groups excluding carboxylic acids is 1. The van der Waals surface area contributed by atoms with Gasteiger partial charge in [0.15, 0.2) is 0 Å². The first kappa shape index (κ1) is 18.3. The summed E-state index contributed by atoms with van der Waals surface area (Å²) in [7, 11) is 3.28. The Labute approximate surface area is 147 Å². The lowest BCUT2D eigenvalue weighted by molar-refractivity contribution is -0.131. The highest BCUT2D eigenvalue weighted by atomic mass is 35.5. The van der Waals surface area contributed by atoms with Gasteiger partial charge in [-0.2, -0.15) is 0 Å². The van der Waals surface area contributed by atoms with Crippen LogP contribution in [0.1, 0.15) is 23.7 Å². The Morgan fingerprint density at radius 2 is 2.00 bits per heavy atom. The molecule has 1 atom stereocenters. The van der Waals surface area contributed by atoms with Crippen LogP contribution in [0.15, 0.2) is 48.5 Å². The van der Waals surface area contributed by atoms with Gasteiger partial charge in [-0.05, 0) is 41.8 Å². The molecule has 0 bridgehead atoms. The second-order valence-corrected chi connectivity index (χ2v) is 6.13. The number of ether oxygens (including phenoxy) is 1. The lowest BCUT2D eigenvalue weighted by atomic mass is 10.1. The van der Waals surface area contributed by atoms with Crippen molar-refractivity contribution in [1.29, 1.82) is 0 Å².